The van der Waals surface area contributed by atoms with Crippen LogP contribution < -0.4 is 10.6 Å². The molecule has 20 heavy (non-hydrogen) atoms. The number of fused-ring (bicyclic) bond motifs is 1. The molecular weight excluding hydrogens is 252 g/mol. The molecule has 0 saturated carbocycles. The smallest absolute Gasteiger partial charge is 0.314 e. The Bertz CT molecular complexity index is 657. The lowest BCUT2D eigenvalue weighted by Crippen LogP contribution is -2.40. The van der Waals surface area contributed by atoms with Crippen LogP contribution in [0.25, 0.3) is 10.8 Å². The van der Waals surface area contributed by atoms with Crippen molar-refractivity contribution in [2.45, 2.75) is 26.3 Å². The summed E-state index contributed by atoms with van der Waals surface area (Å²) in [4.78, 5) is 22.8. The van der Waals surface area contributed by atoms with E-state index >= 15 is 0 Å². The van der Waals surface area contributed by atoms with Crippen molar-refractivity contribution in [2.75, 3.05) is 5.32 Å². The largest absolute Gasteiger partial charge is 0.347 e. The number of nitrogens with one attached hydrogen (secondary N) is 2. The van der Waals surface area contributed by atoms with Crippen molar-refractivity contribution in [3.05, 3.63) is 42.0 Å². The Kier molecular flexibility index (Phi) is 3.74. The van der Waals surface area contributed by atoms with Crippen LogP contribution in [-0.4, -0.2) is 17.9 Å². The molecule has 1 radical (unpaired) electrons. The van der Waals surface area contributed by atoms with Crippen LogP contribution in [0.1, 0.15) is 31.1 Å². The minimum atomic E-state index is -0.300. The first-order valence-electron chi connectivity index (χ1n) is 6.40. The summed E-state index contributed by atoms with van der Waals surface area (Å²) in [5.41, 5.74) is 0.931. The standard InChI is InChI=1S/C16H17N2O2/c1-16(2,3)18-15(20)13-8-9-14(17-10-19)12-7-5-4-6-11(12)13/h4-9H,1-3H3,(H,17,19)(H,18,20). The van der Waals surface area contributed by atoms with E-state index in [0.717, 1.165) is 10.8 Å². The van der Waals surface area contributed by atoms with Gasteiger partial charge in [0.25, 0.3) is 5.91 Å². The molecule has 0 bridgehead atoms. The van der Waals surface area contributed by atoms with Crippen LogP contribution in [0.5, 0.6) is 0 Å². The second-order valence-electron chi connectivity index (χ2n) is 5.64. The van der Waals surface area contributed by atoms with Gasteiger partial charge >= 0.3 is 6.41 Å². The lowest BCUT2D eigenvalue weighted by molar-refractivity contribution is 0.0921. The highest BCUT2D eigenvalue weighted by molar-refractivity contribution is 6.11. The zero-order valence-electron chi connectivity index (χ0n) is 11.8. The molecule has 4 heteroatoms. The van der Waals surface area contributed by atoms with Crippen LogP contribution in [-0.2, 0) is 4.79 Å². The molecule has 0 fully saturated rings. The van der Waals surface area contributed by atoms with Crippen LogP contribution in [0.15, 0.2) is 36.4 Å². The van der Waals surface area contributed by atoms with Gasteiger partial charge in [0.15, 0.2) is 0 Å². The van der Waals surface area contributed by atoms with Crippen molar-refractivity contribution < 1.29 is 9.59 Å². The maximum atomic E-state index is 12.3. The Balaban J connectivity index is 2.53. The predicted molar refractivity (Wildman–Crippen MR) is 80.5 cm³/mol. The first kappa shape index (κ1) is 14.1. The number of benzene rings is 2. The predicted octanol–water partition coefficient (Wildman–Crippen LogP) is 2.85. The molecule has 0 aromatic heterocycles. The molecule has 2 amide bonds. The Labute approximate surface area is 118 Å². The van der Waals surface area contributed by atoms with E-state index in [0.29, 0.717) is 11.3 Å². The number of carbonyl (C=O) groups excluding carboxylic acids is 2. The van der Waals surface area contributed by atoms with Crippen molar-refractivity contribution in [2.24, 2.45) is 0 Å². The van der Waals surface area contributed by atoms with Gasteiger partial charge in [-0.3, -0.25) is 9.59 Å². The number of amides is 2. The normalized spacial score (nSPS) is 11.2. The van der Waals surface area contributed by atoms with Gasteiger partial charge in [-0.15, -0.1) is 0 Å². The number of anilines is 1. The molecule has 0 aliphatic heterocycles. The first-order chi connectivity index (χ1) is 9.42. The lowest BCUT2D eigenvalue weighted by Gasteiger charge is -2.21. The summed E-state index contributed by atoms with van der Waals surface area (Å²) >= 11 is 0. The average Bonchev–Trinajstić information content (AvgIpc) is 2.37. The minimum absolute atomic E-state index is 0.129. The first-order valence-corrected chi connectivity index (χ1v) is 6.40. The van der Waals surface area contributed by atoms with Crippen molar-refractivity contribution in [3.8, 4) is 0 Å². The quantitative estimate of drug-likeness (QED) is 0.842. The van der Waals surface area contributed by atoms with Gasteiger partial charge in [0.05, 0.1) is 0 Å². The zero-order chi connectivity index (χ0) is 14.8. The summed E-state index contributed by atoms with van der Waals surface area (Å²) in [5, 5.41) is 7.09. The van der Waals surface area contributed by atoms with Crippen molar-refractivity contribution in [1.82, 2.24) is 5.32 Å². The molecule has 2 aromatic carbocycles. The summed E-state index contributed by atoms with van der Waals surface area (Å²) < 4.78 is 0. The maximum absolute atomic E-state index is 12.3. The van der Waals surface area contributed by atoms with Crippen LogP contribution in [0, 0.1) is 0 Å². The molecule has 2 aromatic rings. The van der Waals surface area contributed by atoms with E-state index in [1.165, 1.54) is 0 Å². The van der Waals surface area contributed by atoms with Crippen LogP contribution in [0.3, 0.4) is 0 Å². The highest BCUT2D eigenvalue weighted by Crippen LogP contribution is 2.26. The van der Waals surface area contributed by atoms with E-state index in [1.807, 2.05) is 45.0 Å². The van der Waals surface area contributed by atoms with Crippen molar-refractivity contribution >= 4 is 28.8 Å². The summed E-state index contributed by atoms with van der Waals surface area (Å²) in [6.07, 6.45) is 1.66. The minimum Gasteiger partial charge on any atom is -0.347 e. The third kappa shape index (κ3) is 2.96. The summed E-state index contributed by atoms with van der Waals surface area (Å²) in [5.74, 6) is -0.129. The van der Waals surface area contributed by atoms with E-state index in [4.69, 9.17) is 0 Å². The Morgan fingerprint density at radius 1 is 1.05 bits per heavy atom. The fourth-order valence-electron chi connectivity index (χ4n) is 2.07. The van der Waals surface area contributed by atoms with E-state index in [1.54, 1.807) is 18.5 Å². The van der Waals surface area contributed by atoms with Gasteiger partial charge in [0.1, 0.15) is 0 Å². The molecule has 0 aliphatic rings. The number of hydrogen-bond donors (Lipinski definition) is 2. The molecule has 0 saturated heterocycles. The van der Waals surface area contributed by atoms with Gasteiger partial charge in [-0.1, -0.05) is 24.3 Å². The number of carbonyl (C=O) groups is 1. The molecule has 2 N–H and O–H groups in total. The molecule has 0 spiro atoms. The molecule has 0 unspecified atom stereocenters. The van der Waals surface area contributed by atoms with Gasteiger partial charge < -0.3 is 10.6 Å². The second-order valence-corrected chi connectivity index (χ2v) is 5.64. The molecular formula is C16H17N2O2. The van der Waals surface area contributed by atoms with Crippen LogP contribution in [0.4, 0.5) is 5.69 Å². The van der Waals surface area contributed by atoms with Crippen molar-refractivity contribution in [1.29, 1.82) is 0 Å². The molecule has 0 heterocycles. The molecule has 0 aliphatic carbocycles. The third-order valence-corrected chi connectivity index (χ3v) is 2.84. The van der Waals surface area contributed by atoms with E-state index in [-0.39, 0.29) is 11.4 Å². The van der Waals surface area contributed by atoms with E-state index in [9.17, 15) is 9.59 Å². The van der Waals surface area contributed by atoms with Gasteiger partial charge in [0, 0.05) is 22.2 Å². The monoisotopic (exact) mass is 269 g/mol. The van der Waals surface area contributed by atoms with E-state index in [2.05, 4.69) is 10.6 Å². The summed E-state index contributed by atoms with van der Waals surface area (Å²) in [7, 11) is 0. The SMILES string of the molecule is CC(C)(C)NC(=O)c1ccc(N[C]=O)c2ccccc12. The molecule has 4 nitrogen and oxygen atoms in total. The lowest BCUT2D eigenvalue weighted by atomic mass is 10.0. The fourth-order valence-corrected chi connectivity index (χ4v) is 2.07. The van der Waals surface area contributed by atoms with Crippen LogP contribution >= 0.6 is 0 Å². The van der Waals surface area contributed by atoms with Crippen molar-refractivity contribution in [3.63, 3.8) is 0 Å². The Hall–Kier alpha value is -2.36. The highest BCUT2D eigenvalue weighted by Gasteiger charge is 2.17. The third-order valence-electron chi connectivity index (χ3n) is 2.84. The molecule has 103 valence electrons. The topological polar surface area (TPSA) is 58.2 Å². The zero-order valence-corrected chi connectivity index (χ0v) is 11.8. The average molecular weight is 269 g/mol. The van der Waals surface area contributed by atoms with E-state index < -0.39 is 0 Å². The van der Waals surface area contributed by atoms with Gasteiger partial charge in [0.2, 0.25) is 0 Å². The Morgan fingerprint density at radius 3 is 2.30 bits per heavy atom. The van der Waals surface area contributed by atoms with Crippen LogP contribution in [0.2, 0.25) is 0 Å². The van der Waals surface area contributed by atoms with Gasteiger partial charge in [-0.05, 0) is 38.3 Å². The second kappa shape index (κ2) is 5.33. The van der Waals surface area contributed by atoms with Gasteiger partial charge in [-0.2, -0.15) is 0 Å². The maximum Gasteiger partial charge on any atom is 0.314 e. The molecule has 2 rings (SSSR count). The summed E-state index contributed by atoms with van der Waals surface area (Å²) in [6.45, 7) is 5.80. The number of hydrogen-bond acceptors (Lipinski definition) is 2. The molecule has 0 atom stereocenters. The number of rotatable bonds is 3. The summed E-state index contributed by atoms with van der Waals surface area (Å²) in [6, 6.07) is 10.9. The van der Waals surface area contributed by atoms with Gasteiger partial charge in [-0.25, -0.2) is 0 Å². The fraction of sp³-hybridized carbons (Fsp3) is 0.250. The Morgan fingerprint density at radius 2 is 1.70 bits per heavy atom. The highest BCUT2D eigenvalue weighted by atomic mass is 16.1.